The van der Waals surface area contributed by atoms with Gasteiger partial charge in [-0.3, -0.25) is 5.32 Å². The van der Waals surface area contributed by atoms with Gasteiger partial charge in [0, 0.05) is 5.39 Å². The number of hydrogen-bond donors (Lipinski definition) is 2. The second-order valence-electron chi connectivity index (χ2n) is 5.87. The van der Waals surface area contributed by atoms with Crippen molar-refractivity contribution in [3.05, 3.63) is 22.7 Å². The van der Waals surface area contributed by atoms with Crippen molar-refractivity contribution in [1.29, 1.82) is 0 Å². The van der Waals surface area contributed by atoms with Gasteiger partial charge in [-0.15, -0.1) is 0 Å². The topological polar surface area (TPSA) is 86.5 Å². The molecule has 1 amide bonds. The van der Waals surface area contributed by atoms with E-state index < -0.39 is 18.3 Å². The Hall–Kier alpha value is -2.16. The number of pyridine rings is 1. The van der Waals surface area contributed by atoms with Crippen LogP contribution in [-0.4, -0.2) is 23.3 Å². The van der Waals surface area contributed by atoms with Crippen LogP contribution in [-0.2, 0) is 4.74 Å². The molecule has 1 heterocycles. The zero-order chi connectivity index (χ0) is 18.1. The summed E-state index contributed by atoms with van der Waals surface area (Å²) in [6, 6.07) is 4.52. The van der Waals surface area contributed by atoms with Crippen LogP contribution in [0.2, 0.25) is 0 Å². The molecule has 2 rings (SSSR count). The highest BCUT2D eigenvalue weighted by molar-refractivity contribution is 9.10. The summed E-state index contributed by atoms with van der Waals surface area (Å²) in [6.07, 6.45) is -0.735. The summed E-state index contributed by atoms with van der Waals surface area (Å²) in [6.45, 7) is 2.12. The Kier molecular flexibility index (Phi) is 5.12. The van der Waals surface area contributed by atoms with Crippen LogP contribution in [0.15, 0.2) is 22.7 Å². The van der Waals surface area contributed by atoms with Gasteiger partial charge in [0.2, 0.25) is 0 Å². The second kappa shape index (κ2) is 6.76. The normalized spacial score (nSPS) is 11.6. The van der Waals surface area contributed by atoms with E-state index in [2.05, 4.69) is 31.0 Å². The molecule has 0 radical (unpaired) electrons. The van der Waals surface area contributed by atoms with E-state index in [-0.39, 0.29) is 22.6 Å². The highest BCUT2D eigenvalue weighted by Gasteiger charge is 2.19. The number of halogens is 3. The zero-order valence-electron chi connectivity index (χ0n) is 13.2. The Labute approximate surface area is 145 Å². The predicted octanol–water partition coefficient (Wildman–Crippen LogP) is 4.53. The number of hydrogen-bond acceptors (Lipinski definition) is 5. The molecule has 6 nitrogen and oxygen atoms in total. The number of nitrogen functional groups attached to an aromatic ring is 1. The molecule has 0 fully saturated rings. The van der Waals surface area contributed by atoms with E-state index in [9.17, 15) is 13.6 Å². The van der Waals surface area contributed by atoms with Gasteiger partial charge in [0.1, 0.15) is 17.2 Å². The van der Waals surface area contributed by atoms with Gasteiger partial charge >= 0.3 is 12.7 Å². The fourth-order valence-electron chi connectivity index (χ4n) is 1.93. The molecule has 1 aromatic heterocycles. The first kappa shape index (κ1) is 18.2. The Morgan fingerprint density at radius 1 is 1.38 bits per heavy atom. The van der Waals surface area contributed by atoms with E-state index in [0.717, 1.165) is 0 Å². The Bertz CT molecular complexity index is 779. The number of carbonyl (C=O) groups excluding carboxylic acids is 1. The molecular formula is C15H16BrF2N3O3. The molecule has 0 bridgehead atoms. The average molecular weight is 404 g/mol. The summed E-state index contributed by atoms with van der Waals surface area (Å²) in [5.74, 6) is -0.0686. The third kappa shape index (κ3) is 4.44. The fraction of sp³-hybridized carbons (Fsp3) is 0.333. The quantitative estimate of drug-likeness (QED) is 0.785. The van der Waals surface area contributed by atoms with Crippen molar-refractivity contribution in [2.75, 3.05) is 11.1 Å². The number of anilines is 2. The minimum atomic E-state index is -3.01. The maximum absolute atomic E-state index is 12.6. The van der Waals surface area contributed by atoms with Gasteiger partial charge in [-0.1, -0.05) is 0 Å². The summed E-state index contributed by atoms with van der Waals surface area (Å²) < 4.78 is 35.2. The number of ether oxygens (including phenoxy) is 2. The zero-order valence-corrected chi connectivity index (χ0v) is 14.8. The molecule has 24 heavy (non-hydrogen) atoms. The van der Waals surface area contributed by atoms with Crippen LogP contribution >= 0.6 is 15.9 Å². The SMILES string of the molecule is CC(C)(C)OC(=O)Nc1cc2c(OC(F)F)c(Br)ccc2nc1N. The molecule has 0 saturated heterocycles. The van der Waals surface area contributed by atoms with Crippen molar-refractivity contribution < 1.29 is 23.0 Å². The van der Waals surface area contributed by atoms with E-state index in [4.69, 9.17) is 10.5 Å². The van der Waals surface area contributed by atoms with E-state index in [0.29, 0.717) is 9.99 Å². The summed E-state index contributed by atoms with van der Waals surface area (Å²) in [4.78, 5) is 16.0. The smallest absolute Gasteiger partial charge is 0.412 e. The van der Waals surface area contributed by atoms with Crippen LogP contribution in [0.3, 0.4) is 0 Å². The van der Waals surface area contributed by atoms with Gasteiger partial charge in [-0.25, -0.2) is 9.78 Å². The molecule has 0 aliphatic rings. The Morgan fingerprint density at radius 3 is 2.62 bits per heavy atom. The lowest BCUT2D eigenvalue weighted by Gasteiger charge is -2.20. The van der Waals surface area contributed by atoms with Crippen molar-refractivity contribution in [2.45, 2.75) is 33.0 Å². The second-order valence-corrected chi connectivity index (χ2v) is 6.72. The highest BCUT2D eigenvalue weighted by Crippen LogP contribution is 2.36. The molecule has 0 spiro atoms. The number of fused-ring (bicyclic) bond motifs is 1. The molecule has 2 aromatic rings. The summed E-state index contributed by atoms with van der Waals surface area (Å²) in [5, 5.41) is 2.72. The molecule has 1 aromatic carbocycles. The predicted molar refractivity (Wildman–Crippen MR) is 90.3 cm³/mol. The largest absolute Gasteiger partial charge is 0.444 e. The Morgan fingerprint density at radius 2 is 2.04 bits per heavy atom. The summed E-state index contributed by atoms with van der Waals surface area (Å²) in [5.41, 5.74) is 5.59. The number of amides is 1. The lowest BCUT2D eigenvalue weighted by Crippen LogP contribution is -2.27. The van der Waals surface area contributed by atoms with Gasteiger partial charge in [0.05, 0.1) is 15.7 Å². The van der Waals surface area contributed by atoms with E-state index in [1.54, 1.807) is 26.8 Å². The highest BCUT2D eigenvalue weighted by atomic mass is 79.9. The van der Waals surface area contributed by atoms with Crippen LogP contribution in [0.1, 0.15) is 20.8 Å². The Balaban J connectivity index is 2.44. The minimum Gasteiger partial charge on any atom is -0.444 e. The fourth-order valence-corrected chi connectivity index (χ4v) is 2.37. The van der Waals surface area contributed by atoms with Crippen LogP contribution in [0.5, 0.6) is 5.75 Å². The first-order chi connectivity index (χ1) is 11.1. The van der Waals surface area contributed by atoms with E-state index >= 15 is 0 Å². The van der Waals surface area contributed by atoms with Crippen molar-refractivity contribution in [2.24, 2.45) is 0 Å². The number of aromatic nitrogens is 1. The third-order valence-corrected chi connectivity index (χ3v) is 3.40. The number of rotatable bonds is 3. The van der Waals surface area contributed by atoms with Crippen LogP contribution < -0.4 is 15.8 Å². The number of nitrogens with zero attached hydrogens (tertiary/aromatic N) is 1. The maximum atomic E-state index is 12.6. The summed E-state index contributed by atoms with van der Waals surface area (Å²) >= 11 is 3.15. The van der Waals surface area contributed by atoms with Crippen molar-refractivity contribution in [1.82, 2.24) is 4.98 Å². The monoisotopic (exact) mass is 403 g/mol. The van der Waals surface area contributed by atoms with E-state index in [1.165, 1.54) is 12.1 Å². The van der Waals surface area contributed by atoms with Gasteiger partial charge in [0.25, 0.3) is 0 Å². The molecule has 0 saturated carbocycles. The number of alkyl halides is 2. The van der Waals surface area contributed by atoms with Crippen LogP contribution in [0, 0.1) is 0 Å². The van der Waals surface area contributed by atoms with Crippen LogP contribution in [0.4, 0.5) is 25.1 Å². The first-order valence-electron chi connectivity index (χ1n) is 6.90. The van der Waals surface area contributed by atoms with Gasteiger partial charge in [-0.05, 0) is 54.9 Å². The molecule has 9 heteroatoms. The lowest BCUT2D eigenvalue weighted by atomic mass is 10.2. The average Bonchev–Trinajstić information content (AvgIpc) is 2.41. The molecule has 0 atom stereocenters. The molecule has 130 valence electrons. The standard InChI is InChI=1S/C15H16BrF2N3O3/c1-15(2,3)24-14(22)21-10-6-7-9(20-12(10)19)5-4-8(16)11(7)23-13(17)18/h4-6,13H,1-3H3,(H2,19,20)(H,21,22). The number of nitrogens with two attached hydrogens (primary N) is 1. The molecule has 0 unspecified atom stereocenters. The molecular weight excluding hydrogens is 388 g/mol. The lowest BCUT2D eigenvalue weighted by molar-refractivity contribution is -0.0493. The maximum Gasteiger partial charge on any atom is 0.412 e. The van der Waals surface area contributed by atoms with Gasteiger partial charge in [0.15, 0.2) is 0 Å². The van der Waals surface area contributed by atoms with Gasteiger partial charge < -0.3 is 15.2 Å². The molecule has 0 aliphatic carbocycles. The van der Waals surface area contributed by atoms with Crippen molar-refractivity contribution >= 4 is 44.4 Å². The summed E-state index contributed by atoms with van der Waals surface area (Å²) in [7, 11) is 0. The van der Waals surface area contributed by atoms with Crippen molar-refractivity contribution in [3.63, 3.8) is 0 Å². The minimum absolute atomic E-state index is 0.0266. The third-order valence-electron chi connectivity index (χ3n) is 2.77. The molecule has 3 N–H and O–H groups in total. The van der Waals surface area contributed by atoms with Crippen molar-refractivity contribution in [3.8, 4) is 5.75 Å². The van der Waals surface area contributed by atoms with Gasteiger partial charge in [-0.2, -0.15) is 8.78 Å². The first-order valence-corrected chi connectivity index (χ1v) is 7.69. The van der Waals surface area contributed by atoms with Crippen LogP contribution in [0.25, 0.3) is 10.9 Å². The molecule has 0 aliphatic heterocycles. The number of benzene rings is 1. The number of carbonyl (C=O) groups is 1. The number of nitrogens with one attached hydrogen (secondary N) is 1. The van der Waals surface area contributed by atoms with E-state index in [1.807, 2.05) is 0 Å².